The predicted octanol–water partition coefficient (Wildman–Crippen LogP) is 3.42. The molecule has 1 aromatic carbocycles. The number of ether oxygens (including phenoxy) is 1. The first-order valence-corrected chi connectivity index (χ1v) is 12.8. The Balaban J connectivity index is 1.87. The van der Waals surface area contributed by atoms with Crippen LogP contribution in [0.1, 0.15) is 54.0 Å². The van der Waals surface area contributed by atoms with Crippen LogP contribution in [0.5, 0.6) is 0 Å². The second kappa shape index (κ2) is 10.1. The number of sulfonamides is 1. The summed E-state index contributed by atoms with van der Waals surface area (Å²) < 4.78 is 35.5. The number of piperidine rings is 1. The van der Waals surface area contributed by atoms with Crippen LogP contribution in [-0.4, -0.2) is 48.9 Å². The molecule has 1 aliphatic heterocycles. The smallest absolute Gasteiger partial charge is 0.341 e. The van der Waals surface area contributed by atoms with Crippen LogP contribution in [0, 0.1) is 19.8 Å². The molecule has 1 aliphatic rings. The summed E-state index contributed by atoms with van der Waals surface area (Å²) in [5.41, 5.74) is 2.89. The first-order valence-electron chi connectivity index (χ1n) is 11.3. The topological polar surface area (TPSA) is 97.7 Å². The van der Waals surface area contributed by atoms with E-state index in [4.69, 9.17) is 4.74 Å². The lowest BCUT2D eigenvalue weighted by Gasteiger charge is -2.31. The lowest BCUT2D eigenvalue weighted by atomic mass is 9.98. The number of carbonyl (C=O) groups excluding carboxylic acids is 2. The Morgan fingerprint density at radius 2 is 1.91 bits per heavy atom. The molecule has 1 N–H and O–H groups in total. The summed E-state index contributed by atoms with van der Waals surface area (Å²) in [5, 5.41) is 2.93. The molecule has 1 atom stereocenters. The standard InChI is InChI=1S/C24H33N3O5S/c1-6-18-10-8-12-20(14-18)25-23(28)19-11-9-13-27(15-19)33(30,31)22-17(4)26(5)16(3)21(22)24(29)32-7-2/h8,10,12,14,19H,6-7,9,11,13,15H2,1-5H3,(H,25,28)/t19-/m1/s1. The molecule has 0 radical (unpaired) electrons. The molecule has 2 aromatic rings. The third kappa shape index (κ3) is 4.99. The van der Waals surface area contributed by atoms with Crippen LogP contribution in [-0.2, 0) is 33.0 Å². The van der Waals surface area contributed by atoms with Crippen LogP contribution in [0.4, 0.5) is 5.69 Å². The van der Waals surface area contributed by atoms with Gasteiger partial charge in [-0.2, -0.15) is 4.31 Å². The van der Waals surface area contributed by atoms with Gasteiger partial charge in [-0.15, -0.1) is 0 Å². The first kappa shape index (κ1) is 25.0. The van der Waals surface area contributed by atoms with Gasteiger partial charge in [-0.25, -0.2) is 13.2 Å². The summed E-state index contributed by atoms with van der Waals surface area (Å²) >= 11 is 0. The zero-order valence-electron chi connectivity index (χ0n) is 20.0. The minimum atomic E-state index is -4.01. The molecule has 9 heteroatoms. The minimum absolute atomic E-state index is 0.0299. The largest absolute Gasteiger partial charge is 0.462 e. The second-order valence-corrected chi connectivity index (χ2v) is 10.3. The Labute approximate surface area is 196 Å². The Hall–Kier alpha value is -2.65. The van der Waals surface area contributed by atoms with Crippen molar-refractivity contribution in [3.63, 3.8) is 0 Å². The van der Waals surface area contributed by atoms with Crippen molar-refractivity contribution >= 4 is 27.6 Å². The van der Waals surface area contributed by atoms with E-state index in [-0.39, 0.29) is 29.5 Å². The van der Waals surface area contributed by atoms with Crippen molar-refractivity contribution in [2.75, 3.05) is 25.0 Å². The number of rotatable bonds is 7. The zero-order chi connectivity index (χ0) is 24.3. The van der Waals surface area contributed by atoms with Gasteiger partial charge in [0.2, 0.25) is 15.9 Å². The summed E-state index contributed by atoms with van der Waals surface area (Å²) in [6.45, 7) is 7.62. The highest BCUT2D eigenvalue weighted by atomic mass is 32.2. The molecule has 0 bridgehead atoms. The van der Waals surface area contributed by atoms with Gasteiger partial charge < -0.3 is 14.6 Å². The quantitative estimate of drug-likeness (QED) is 0.619. The highest BCUT2D eigenvalue weighted by Gasteiger charge is 2.39. The number of hydrogen-bond donors (Lipinski definition) is 1. The van der Waals surface area contributed by atoms with Crippen molar-refractivity contribution in [3.05, 3.63) is 46.8 Å². The van der Waals surface area contributed by atoms with Gasteiger partial charge >= 0.3 is 5.97 Å². The van der Waals surface area contributed by atoms with E-state index in [9.17, 15) is 18.0 Å². The number of aryl methyl sites for hydroxylation is 1. The third-order valence-corrected chi connectivity index (χ3v) is 8.39. The Bertz CT molecular complexity index is 1150. The average molecular weight is 476 g/mol. The summed E-state index contributed by atoms with van der Waals surface area (Å²) in [6.07, 6.45) is 2.02. The van der Waals surface area contributed by atoms with Gasteiger partial charge in [-0.05, 0) is 57.7 Å². The summed E-state index contributed by atoms with van der Waals surface area (Å²) in [4.78, 5) is 25.5. The maximum absolute atomic E-state index is 13.7. The molecular formula is C24H33N3O5S. The van der Waals surface area contributed by atoms with Gasteiger partial charge in [0, 0.05) is 37.2 Å². The molecule has 2 heterocycles. The van der Waals surface area contributed by atoms with Crippen LogP contribution in [0.15, 0.2) is 29.2 Å². The van der Waals surface area contributed by atoms with Gasteiger partial charge in [0.05, 0.1) is 12.5 Å². The number of aromatic nitrogens is 1. The summed E-state index contributed by atoms with van der Waals surface area (Å²) in [7, 11) is -2.28. The lowest BCUT2D eigenvalue weighted by Crippen LogP contribution is -2.44. The molecule has 0 spiro atoms. The number of hydrogen-bond acceptors (Lipinski definition) is 5. The van der Waals surface area contributed by atoms with Crippen LogP contribution in [0.2, 0.25) is 0 Å². The maximum atomic E-state index is 13.7. The number of nitrogens with zero attached hydrogens (tertiary/aromatic N) is 2. The molecule has 8 nitrogen and oxygen atoms in total. The van der Waals surface area contributed by atoms with Gasteiger partial charge in [-0.3, -0.25) is 4.79 Å². The highest BCUT2D eigenvalue weighted by molar-refractivity contribution is 7.89. The van der Waals surface area contributed by atoms with Crippen molar-refractivity contribution in [2.24, 2.45) is 13.0 Å². The summed E-state index contributed by atoms with van der Waals surface area (Å²) in [5.74, 6) is -1.33. The van der Waals surface area contributed by atoms with Crippen LogP contribution in [0.3, 0.4) is 0 Å². The van der Waals surface area contributed by atoms with Gasteiger partial charge in [0.15, 0.2) is 0 Å². The number of esters is 1. The van der Waals surface area contributed by atoms with Crippen molar-refractivity contribution in [2.45, 2.75) is 51.9 Å². The maximum Gasteiger partial charge on any atom is 0.341 e. The van der Waals surface area contributed by atoms with E-state index < -0.39 is 21.9 Å². The molecule has 180 valence electrons. The van der Waals surface area contributed by atoms with Crippen LogP contribution in [0.25, 0.3) is 0 Å². The normalized spacial score (nSPS) is 17.1. The third-order valence-electron chi connectivity index (χ3n) is 6.36. The number of amides is 1. The van der Waals surface area contributed by atoms with Crippen molar-refractivity contribution < 1.29 is 22.7 Å². The number of benzene rings is 1. The SMILES string of the molecule is CCOC(=O)c1c(S(=O)(=O)N2CCC[C@@H](C(=O)Nc3cccc(CC)c3)C2)c(C)n(C)c1C. The molecule has 1 saturated heterocycles. The number of anilines is 1. The Kier molecular flexibility index (Phi) is 7.64. The van der Waals surface area contributed by atoms with E-state index in [1.807, 2.05) is 31.2 Å². The fraction of sp³-hybridized carbons (Fsp3) is 0.500. The van der Waals surface area contributed by atoms with Crippen molar-refractivity contribution in [1.29, 1.82) is 0 Å². The monoisotopic (exact) mass is 475 g/mol. The van der Waals surface area contributed by atoms with Gasteiger partial charge in [0.1, 0.15) is 10.5 Å². The van der Waals surface area contributed by atoms with E-state index in [1.165, 1.54) is 4.31 Å². The molecular weight excluding hydrogens is 442 g/mol. The van der Waals surface area contributed by atoms with Crippen molar-refractivity contribution in [3.8, 4) is 0 Å². The fourth-order valence-electron chi connectivity index (χ4n) is 4.29. The van der Waals surface area contributed by atoms with E-state index in [2.05, 4.69) is 5.32 Å². The fourth-order valence-corrected chi connectivity index (χ4v) is 6.30. The minimum Gasteiger partial charge on any atom is -0.462 e. The Morgan fingerprint density at radius 3 is 2.58 bits per heavy atom. The molecule has 0 unspecified atom stereocenters. The molecule has 0 aliphatic carbocycles. The number of nitrogens with one attached hydrogen (secondary N) is 1. The molecule has 1 fully saturated rings. The van der Waals surface area contributed by atoms with E-state index >= 15 is 0 Å². The van der Waals surface area contributed by atoms with Crippen LogP contribution < -0.4 is 5.32 Å². The molecule has 3 rings (SSSR count). The van der Waals surface area contributed by atoms with E-state index in [0.29, 0.717) is 36.5 Å². The lowest BCUT2D eigenvalue weighted by molar-refractivity contribution is -0.120. The van der Waals surface area contributed by atoms with Crippen LogP contribution >= 0.6 is 0 Å². The van der Waals surface area contributed by atoms with E-state index in [0.717, 1.165) is 12.0 Å². The summed E-state index contributed by atoms with van der Waals surface area (Å²) in [6, 6.07) is 7.65. The molecule has 0 saturated carbocycles. The Morgan fingerprint density at radius 1 is 1.18 bits per heavy atom. The molecule has 1 aromatic heterocycles. The first-order chi connectivity index (χ1) is 15.6. The predicted molar refractivity (Wildman–Crippen MR) is 127 cm³/mol. The molecule has 33 heavy (non-hydrogen) atoms. The average Bonchev–Trinajstić information content (AvgIpc) is 3.04. The number of carbonyl (C=O) groups is 2. The van der Waals surface area contributed by atoms with Gasteiger partial charge in [-0.1, -0.05) is 19.1 Å². The van der Waals surface area contributed by atoms with Crippen molar-refractivity contribution in [1.82, 2.24) is 8.87 Å². The van der Waals surface area contributed by atoms with Gasteiger partial charge in [0.25, 0.3) is 0 Å². The zero-order valence-corrected chi connectivity index (χ0v) is 20.8. The second-order valence-electron chi connectivity index (χ2n) is 8.40. The molecule has 1 amide bonds. The highest BCUT2D eigenvalue weighted by Crippen LogP contribution is 2.32. The van der Waals surface area contributed by atoms with E-state index in [1.54, 1.807) is 32.4 Å².